The first kappa shape index (κ1) is 11.0. The molecular weight excluding hydrogens is 180 g/mol. The minimum absolute atomic E-state index is 0.215. The SMILES string of the molecule is CC=CCCC1C(=O)OC(=O)C1CC. The highest BCUT2D eigenvalue weighted by Crippen LogP contribution is 2.30. The Hall–Kier alpha value is -1.12. The molecule has 14 heavy (non-hydrogen) atoms. The van der Waals surface area contributed by atoms with Gasteiger partial charge in [-0.2, -0.15) is 0 Å². The average Bonchev–Trinajstić information content (AvgIpc) is 2.42. The number of carbonyl (C=O) groups is 2. The lowest BCUT2D eigenvalue weighted by Crippen LogP contribution is -2.16. The number of carbonyl (C=O) groups excluding carboxylic acids is 2. The molecule has 2 atom stereocenters. The van der Waals surface area contributed by atoms with Crippen LogP contribution in [0.25, 0.3) is 0 Å². The third-order valence-corrected chi connectivity index (χ3v) is 2.61. The fraction of sp³-hybridized carbons (Fsp3) is 0.636. The predicted molar refractivity (Wildman–Crippen MR) is 52.4 cm³/mol. The van der Waals surface area contributed by atoms with Gasteiger partial charge in [0.05, 0.1) is 11.8 Å². The molecule has 0 aromatic carbocycles. The third-order valence-electron chi connectivity index (χ3n) is 2.61. The van der Waals surface area contributed by atoms with Gasteiger partial charge < -0.3 is 4.74 Å². The zero-order chi connectivity index (χ0) is 10.6. The molecule has 0 aliphatic carbocycles. The number of hydrogen-bond acceptors (Lipinski definition) is 3. The van der Waals surface area contributed by atoms with Gasteiger partial charge in [0, 0.05) is 0 Å². The molecule has 0 N–H and O–H groups in total. The normalized spacial score (nSPS) is 27.3. The van der Waals surface area contributed by atoms with Crippen molar-refractivity contribution in [1.29, 1.82) is 0 Å². The van der Waals surface area contributed by atoms with Crippen molar-refractivity contribution in [3.05, 3.63) is 12.2 Å². The van der Waals surface area contributed by atoms with E-state index in [-0.39, 0.29) is 23.8 Å². The molecule has 0 radical (unpaired) electrons. The second-order valence-corrected chi connectivity index (χ2v) is 3.51. The van der Waals surface area contributed by atoms with Crippen LogP contribution in [0.4, 0.5) is 0 Å². The van der Waals surface area contributed by atoms with Crippen LogP contribution < -0.4 is 0 Å². The van der Waals surface area contributed by atoms with Gasteiger partial charge in [-0.05, 0) is 26.2 Å². The van der Waals surface area contributed by atoms with Gasteiger partial charge in [0.1, 0.15) is 0 Å². The molecule has 3 nitrogen and oxygen atoms in total. The van der Waals surface area contributed by atoms with Crippen molar-refractivity contribution >= 4 is 11.9 Å². The van der Waals surface area contributed by atoms with Crippen molar-refractivity contribution in [3.8, 4) is 0 Å². The summed E-state index contributed by atoms with van der Waals surface area (Å²) in [7, 11) is 0. The summed E-state index contributed by atoms with van der Waals surface area (Å²) in [5, 5.41) is 0. The number of hydrogen-bond donors (Lipinski definition) is 0. The van der Waals surface area contributed by atoms with E-state index in [1.54, 1.807) is 0 Å². The summed E-state index contributed by atoms with van der Waals surface area (Å²) in [6.07, 6.45) is 6.18. The highest BCUT2D eigenvalue weighted by atomic mass is 16.6. The Morgan fingerprint density at radius 2 is 1.93 bits per heavy atom. The van der Waals surface area contributed by atoms with E-state index in [0.717, 1.165) is 6.42 Å². The average molecular weight is 196 g/mol. The van der Waals surface area contributed by atoms with Crippen LogP contribution in [0.2, 0.25) is 0 Å². The third kappa shape index (κ3) is 2.22. The van der Waals surface area contributed by atoms with E-state index in [0.29, 0.717) is 12.8 Å². The van der Waals surface area contributed by atoms with E-state index in [1.807, 2.05) is 26.0 Å². The lowest BCUT2D eigenvalue weighted by Gasteiger charge is -2.09. The van der Waals surface area contributed by atoms with Crippen LogP contribution in [0.15, 0.2) is 12.2 Å². The summed E-state index contributed by atoms with van der Waals surface area (Å²) < 4.78 is 4.61. The lowest BCUT2D eigenvalue weighted by molar-refractivity contribution is -0.153. The van der Waals surface area contributed by atoms with Gasteiger partial charge in [-0.1, -0.05) is 19.1 Å². The molecule has 1 saturated heterocycles. The molecule has 1 heterocycles. The van der Waals surface area contributed by atoms with Gasteiger partial charge in [-0.25, -0.2) is 0 Å². The standard InChI is InChI=1S/C11H16O3/c1-3-5-6-7-9-8(4-2)10(12)14-11(9)13/h3,5,8-9H,4,6-7H2,1-2H3. The van der Waals surface area contributed by atoms with Gasteiger partial charge in [-0.15, -0.1) is 0 Å². The lowest BCUT2D eigenvalue weighted by atomic mass is 9.89. The summed E-state index contributed by atoms with van der Waals surface area (Å²) in [6, 6.07) is 0. The molecule has 1 rings (SSSR count). The Kier molecular flexibility index (Phi) is 3.86. The number of ether oxygens (including phenoxy) is 1. The van der Waals surface area contributed by atoms with E-state index >= 15 is 0 Å². The monoisotopic (exact) mass is 196 g/mol. The van der Waals surface area contributed by atoms with Crippen LogP contribution in [0.3, 0.4) is 0 Å². The number of rotatable bonds is 4. The maximum atomic E-state index is 11.3. The van der Waals surface area contributed by atoms with E-state index in [9.17, 15) is 9.59 Å². The second kappa shape index (κ2) is 4.94. The molecule has 0 bridgehead atoms. The van der Waals surface area contributed by atoms with Crippen molar-refractivity contribution in [2.75, 3.05) is 0 Å². The Morgan fingerprint density at radius 3 is 2.50 bits per heavy atom. The summed E-state index contributed by atoms with van der Waals surface area (Å²) in [6.45, 7) is 3.85. The molecule has 1 aliphatic heterocycles. The molecule has 0 saturated carbocycles. The first-order valence-electron chi connectivity index (χ1n) is 5.07. The van der Waals surface area contributed by atoms with Crippen LogP contribution in [-0.4, -0.2) is 11.9 Å². The van der Waals surface area contributed by atoms with Crippen LogP contribution in [0.5, 0.6) is 0 Å². The molecule has 1 fully saturated rings. The van der Waals surface area contributed by atoms with Crippen molar-refractivity contribution in [3.63, 3.8) is 0 Å². The van der Waals surface area contributed by atoms with Crippen molar-refractivity contribution < 1.29 is 14.3 Å². The first-order chi connectivity index (χ1) is 6.70. The summed E-state index contributed by atoms with van der Waals surface area (Å²) in [5.74, 6) is -1.12. The van der Waals surface area contributed by atoms with Gasteiger partial charge >= 0.3 is 11.9 Å². The van der Waals surface area contributed by atoms with Crippen molar-refractivity contribution in [1.82, 2.24) is 0 Å². The van der Waals surface area contributed by atoms with Crippen LogP contribution >= 0.6 is 0 Å². The number of cyclic esters (lactones) is 2. The van der Waals surface area contributed by atoms with E-state index in [4.69, 9.17) is 0 Å². The first-order valence-corrected chi connectivity index (χ1v) is 5.07. The second-order valence-electron chi connectivity index (χ2n) is 3.51. The summed E-state index contributed by atoms with van der Waals surface area (Å²) >= 11 is 0. The quantitative estimate of drug-likeness (QED) is 0.392. The molecule has 0 aromatic heterocycles. The maximum Gasteiger partial charge on any atom is 0.317 e. The van der Waals surface area contributed by atoms with E-state index in [2.05, 4.69) is 4.74 Å². The molecule has 0 spiro atoms. The fourth-order valence-electron chi connectivity index (χ4n) is 1.79. The van der Waals surface area contributed by atoms with Crippen LogP contribution in [0.1, 0.15) is 33.1 Å². The van der Waals surface area contributed by atoms with E-state index < -0.39 is 0 Å². The largest absolute Gasteiger partial charge is 0.393 e. The molecule has 0 aromatic rings. The summed E-state index contributed by atoms with van der Waals surface area (Å²) in [5.41, 5.74) is 0. The minimum atomic E-state index is -0.344. The van der Waals surface area contributed by atoms with Crippen LogP contribution in [0, 0.1) is 11.8 Å². The van der Waals surface area contributed by atoms with Crippen molar-refractivity contribution in [2.45, 2.75) is 33.1 Å². The van der Waals surface area contributed by atoms with Gasteiger partial charge in [-0.3, -0.25) is 9.59 Å². The van der Waals surface area contributed by atoms with Gasteiger partial charge in [0.25, 0.3) is 0 Å². The smallest absolute Gasteiger partial charge is 0.317 e. The zero-order valence-corrected chi connectivity index (χ0v) is 8.66. The molecular formula is C11H16O3. The highest BCUT2D eigenvalue weighted by Gasteiger charge is 2.42. The number of esters is 2. The van der Waals surface area contributed by atoms with Gasteiger partial charge in [0.15, 0.2) is 0 Å². The maximum absolute atomic E-state index is 11.3. The number of allylic oxidation sites excluding steroid dienone is 2. The predicted octanol–water partition coefficient (Wildman–Crippen LogP) is 2.07. The van der Waals surface area contributed by atoms with Gasteiger partial charge in [0.2, 0.25) is 0 Å². The molecule has 78 valence electrons. The van der Waals surface area contributed by atoms with Crippen LogP contribution in [-0.2, 0) is 14.3 Å². The molecule has 2 unspecified atom stereocenters. The highest BCUT2D eigenvalue weighted by molar-refractivity contribution is 5.96. The van der Waals surface area contributed by atoms with Crippen molar-refractivity contribution in [2.24, 2.45) is 11.8 Å². The molecule has 3 heteroatoms. The van der Waals surface area contributed by atoms with E-state index in [1.165, 1.54) is 0 Å². The Bertz CT molecular complexity index is 255. The Labute approximate surface area is 84.1 Å². The topological polar surface area (TPSA) is 43.4 Å². The fourth-order valence-corrected chi connectivity index (χ4v) is 1.79. The Morgan fingerprint density at radius 1 is 1.29 bits per heavy atom. The molecule has 1 aliphatic rings. The minimum Gasteiger partial charge on any atom is -0.393 e. The Balaban J connectivity index is 2.56. The zero-order valence-electron chi connectivity index (χ0n) is 8.66. The summed E-state index contributed by atoms with van der Waals surface area (Å²) in [4.78, 5) is 22.5. The molecule has 0 amide bonds.